The van der Waals surface area contributed by atoms with Crippen molar-refractivity contribution in [3.63, 3.8) is 0 Å². The molecular formula is C23H29N3O4S. The number of H-pyrrole nitrogens is 1. The second-order valence-electron chi connectivity index (χ2n) is 8.58. The molecule has 31 heavy (non-hydrogen) atoms. The van der Waals surface area contributed by atoms with Crippen molar-refractivity contribution in [3.05, 3.63) is 47.0 Å². The molecule has 0 spiro atoms. The molecule has 1 aliphatic carbocycles. The number of fused-ring (bicyclic) bond motifs is 1. The molecule has 0 saturated heterocycles. The highest BCUT2D eigenvalue weighted by atomic mass is 32.2. The minimum atomic E-state index is -2.99. The molecular weight excluding hydrogens is 414 g/mol. The molecule has 2 aromatic heterocycles. The van der Waals surface area contributed by atoms with E-state index in [-0.39, 0.29) is 23.0 Å². The molecule has 3 N–H and O–H groups in total. The lowest BCUT2D eigenvalue weighted by molar-refractivity contribution is 0.0668. The smallest absolute Gasteiger partial charge is 0.274 e. The van der Waals surface area contributed by atoms with Crippen LogP contribution in [0, 0.1) is 4.78 Å². The fourth-order valence-electron chi connectivity index (χ4n) is 4.11. The van der Waals surface area contributed by atoms with Crippen LogP contribution in [0.25, 0.3) is 22.0 Å². The molecule has 4 rings (SSSR count). The fourth-order valence-corrected chi connectivity index (χ4v) is 5.22. The van der Waals surface area contributed by atoms with E-state index in [9.17, 15) is 14.1 Å². The Morgan fingerprint density at radius 3 is 2.58 bits per heavy atom. The number of aliphatic hydroxyl groups excluding tert-OH is 1. The Kier molecular flexibility index (Phi) is 5.70. The van der Waals surface area contributed by atoms with E-state index in [4.69, 9.17) is 9.52 Å². The number of nitrogens with zero attached hydrogens (tertiary/aromatic N) is 1. The number of nitrogens with one attached hydrogen (secondary N) is 2. The molecule has 166 valence electrons. The van der Waals surface area contributed by atoms with Gasteiger partial charge in [0.1, 0.15) is 11.3 Å². The SMILES string of the molecule is CC(C)S(=N)(=O)c1ccc(O[C@H]2CC[C@@H](O)CC2)c(-c2cn(C)c(=O)c3[nH]ccc23)c1. The van der Waals surface area contributed by atoms with Gasteiger partial charge in [0.05, 0.1) is 21.9 Å². The Balaban J connectivity index is 1.89. The van der Waals surface area contributed by atoms with Crippen LogP contribution in [-0.2, 0) is 16.8 Å². The van der Waals surface area contributed by atoms with E-state index >= 15 is 0 Å². The van der Waals surface area contributed by atoms with Crippen LogP contribution in [-0.4, -0.2) is 36.3 Å². The van der Waals surface area contributed by atoms with Crippen LogP contribution < -0.4 is 10.3 Å². The van der Waals surface area contributed by atoms with Gasteiger partial charge in [-0.25, -0.2) is 8.99 Å². The van der Waals surface area contributed by atoms with Crippen molar-refractivity contribution < 1.29 is 14.1 Å². The van der Waals surface area contributed by atoms with Gasteiger partial charge in [-0.1, -0.05) is 0 Å². The lowest BCUT2D eigenvalue weighted by atomic mass is 9.95. The normalized spacial score (nSPS) is 21.3. The number of hydrogen-bond acceptors (Lipinski definition) is 5. The van der Waals surface area contributed by atoms with Gasteiger partial charge in [-0.15, -0.1) is 0 Å². The summed E-state index contributed by atoms with van der Waals surface area (Å²) >= 11 is 0. The van der Waals surface area contributed by atoms with Gasteiger partial charge in [-0.2, -0.15) is 0 Å². The molecule has 0 amide bonds. The Bertz CT molecular complexity index is 1270. The predicted octanol–water partition coefficient (Wildman–Crippen LogP) is 4.03. The highest BCUT2D eigenvalue weighted by Crippen LogP contribution is 2.38. The first-order valence-corrected chi connectivity index (χ1v) is 12.2. The van der Waals surface area contributed by atoms with Gasteiger partial charge in [-0.05, 0) is 63.8 Å². The van der Waals surface area contributed by atoms with E-state index in [0.29, 0.717) is 34.6 Å². The topological polar surface area (TPSA) is 108 Å². The quantitative estimate of drug-likeness (QED) is 0.553. The number of hydrogen-bond donors (Lipinski definition) is 3. The molecule has 0 bridgehead atoms. The maximum atomic E-state index is 13.1. The van der Waals surface area contributed by atoms with Gasteiger partial charge in [0.25, 0.3) is 5.56 Å². The van der Waals surface area contributed by atoms with Crippen molar-refractivity contribution in [2.45, 2.75) is 61.9 Å². The summed E-state index contributed by atoms with van der Waals surface area (Å²) in [5, 5.41) is 10.2. The third-order valence-electron chi connectivity index (χ3n) is 6.09. The minimum Gasteiger partial charge on any atom is -0.490 e. The van der Waals surface area contributed by atoms with E-state index in [1.54, 1.807) is 51.5 Å². The number of benzene rings is 1. The predicted molar refractivity (Wildman–Crippen MR) is 122 cm³/mol. The molecule has 1 atom stereocenters. The molecule has 8 heteroatoms. The Hall–Kier alpha value is -2.58. The van der Waals surface area contributed by atoms with Crippen molar-refractivity contribution in [2.75, 3.05) is 0 Å². The Labute approximate surface area is 182 Å². The molecule has 1 fully saturated rings. The minimum absolute atomic E-state index is 0.0206. The monoisotopic (exact) mass is 443 g/mol. The molecule has 0 aliphatic heterocycles. The number of rotatable bonds is 5. The van der Waals surface area contributed by atoms with E-state index < -0.39 is 9.73 Å². The van der Waals surface area contributed by atoms with Crippen LogP contribution in [0.15, 0.2) is 46.3 Å². The summed E-state index contributed by atoms with van der Waals surface area (Å²) in [6.07, 6.45) is 6.12. The number of aryl methyl sites for hydroxylation is 1. The zero-order chi connectivity index (χ0) is 22.3. The van der Waals surface area contributed by atoms with Crippen LogP contribution in [0.2, 0.25) is 0 Å². The molecule has 0 radical (unpaired) electrons. The largest absolute Gasteiger partial charge is 0.490 e. The molecule has 1 aromatic carbocycles. The fraction of sp³-hybridized carbons (Fsp3) is 0.435. The zero-order valence-corrected chi connectivity index (χ0v) is 18.9. The maximum absolute atomic E-state index is 13.1. The van der Waals surface area contributed by atoms with E-state index in [2.05, 4.69) is 4.98 Å². The van der Waals surface area contributed by atoms with Crippen molar-refractivity contribution >= 4 is 20.6 Å². The van der Waals surface area contributed by atoms with Gasteiger partial charge in [0.2, 0.25) is 0 Å². The second kappa shape index (κ2) is 8.16. The van der Waals surface area contributed by atoms with Crippen molar-refractivity contribution in [1.29, 1.82) is 4.78 Å². The van der Waals surface area contributed by atoms with Gasteiger partial charge in [-0.3, -0.25) is 4.79 Å². The molecule has 1 unspecified atom stereocenters. The van der Waals surface area contributed by atoms with Crippen LogP contribution in [0.5, 0.6) is 5.75 Å². The third kappa shape index (κ3) is 4.02. The molecule has 7 nitrogen and oxygen atoms in total. The van der Waals surface area contributed by atoms with Gasteiger partial charge >= 0.3 is 0 Å². The number of aliphatic hydroxyl groups is 1. The summed E-state index contributed by atoms with van der Waals surface area (Å²) in [5.74, 6) is 0.630. The number of aromatic nitrogens is 2. The first-order chi connectivity index (χ1) is 14.7. The summed E-state index contributed by atoms with van der Waals surface area (Å²) in [7, 11) is -1.29. The highest BCUT2D eigenvalue weighted by Gasteiger charge is 2.24. The Morgan fingerprint density at radius 1 is 1.19 bits per heavy atom. The van der Waals surface area contributed by atoms with Crippen molar-refractivity contribution in [2.24, 2.45) is 7.05 Å². The molecule has 2 heterocycles. The lowest BCUT2D eigenvalue weighted by Crippen LogP contribution is -2.26. The van der Waals surface area contributed by atoms with Crippen LogP contribution in [0.4, 0.5) is 0 Å². The second-order valence-corrected chi connectivity index (χ2v) is 11.2. The van der Waals surface area contributed by atoms with E-state index in [1.165, 1.54) is 4.57 Å². The zero-order valence-electron chi connectivity index (χ0n) is 18.1. The summed E-state index contributed by atoms with van der Waals surface area (Å²) in [4.78, 5) is 16.0. The third-order valence-corrected chi connectivity index (χ3v) is 8.37. The maximum Gasteiger partial charge on any atom is 0.274 e. The number of aromatic amines is 1. The van der Waals surface area contributed by atoms with Crippen LogP contribution in [0.3, 0.4) is 0 Å². The Morgan fingerprint density at radius 2 is 1.90 bits per heavy atom. The lowest BCUT2D eigenvalue weighted by Gasteiger charge is -2.27. The highest BCUT2D eigenvalue weighted by molar-refractivity contribution is 7.93. The van der Waals surface area contributed by atoms with Crippen LogP contribution in [0.1, 0.15) is 39.5 Å². The summed E-state index contributed by atoms with van der Waals surface area (Å²) < 4.78 is 29.4. The summed E-state index contributed by atoms with van der Waals surface area (Å²) in [5.41, 5.74) is 1.86. The molecule has 1 aliphatic rings. The average Bonchev–Trinajstić information content (AvgIpc) is 3.23. The molecule has 1 saturated carbocycles. The van der Waals surface area contributed by atoms with Gasteiger partial charge in [0.15, 0.2) is 0 Å². The van der Waals surface area contributed by atoms with Gasteiger partial charge < -0.3 is 19.4 Å². The number of pyridine rings is 1. The van der Waals surface area contributed by atoms with E-state index in [0.717, 1.165) is 23.8 Å². The van der Waals surface area contributed by atoms with E-state index in [1.807, 2.05) is 6.07 Å². The van der Waals surface area contributed by atoms with Crippen molar-refractivity contribution in [3.8, 4) is 16.9 Å². The average molecular weight is 444 g/mol. The van der Waals surface area contributed by atoms with Crippen LogP contribution >= 0.6 is 0 Å². The standard InChI is InChI=1S/C23H29N3O4S/c1-14(2)31(24,29)17-8-9-21(30-16-6-4-15(27)5-7-16)19(12-17)20-13-26(3)23(28)22-18(20)10-11-25-22/h8-16,24-25,27H,4-7H2,1-3H3/t15-,16+,31?. The first kappa shape index (κ1) is 21.6. The molecule has 3 aromatic rings. The first-order valence-electron chi connectivity index (χ1n) is 10.6. The summed E-state index contributed by atoms with van der Waals surface area (Å²) in [6.45, 7) is 3.56. The summed E-state index contributed by atoms with van der Waals surface area (Å²) in [6, 6.07) is 7.12. The van der Waals surface area contributed by atoms with Crippen molar-refractivity contribution in [1.82, 2.24) is 9.55 Å². The van der Waals surface area contributed by atoms with Gasteiger partial charge in [0, 0.05) is 46.1 Å². The number of ether oxygens (including phenoxy) is 1.